The average molecular weight is 216 g/mol. The first-order valence-electron chi connectivity index (χ1n) is 4.10. The van der Waals surface area contributed by atoms with E-state index in [1.54, 1.807) is 0 Å². The van der Waals surface area contributed by atoms with E-state index in [1.807, 2.05) is 0 Å². The van der Waals surface area contributed by atoms with Crippen LogP contribution >= 0.6 is 0 Å². The molecule has 0 atom stereocenters. The third kappa shape index (κ3) is 2.20. The lowest BCUT2D eigenvalue weighted by Crippen LogP contribution is -2.15. The maximum atomic E-state index is 12.5. The first kappa shape index (κ1) is 11.4. The number of amides is 1. The summed E-state index contributed by atoms with van der Waals surface area (Å²) in [5, 5.41) is 0. The minimum atomic E-state index is -2.77. The highest BCUT2D eigenvalue weighted by atomic mass is 19.3. The quantitative estimate of drug-likeness (QED) is 0.831. The standard InChI is InChI=1S/C9H10F2N2O2/c1-4-5(9(12)14)3-6(15-2)13-7(4)8(10)11/h3,8H,1-2H3,(H2,12,14). The molecule has 2 N–H and O–H groups in total. The fourth-order valence-corrected chi connectivity index (χ4v) is 1.18. The van der Waals surface area contributed by atoms with E-state index in [0.29, 0.717) is 0 Å². The first-order chi connectivity index (χ1) is 6.97. The van der Waals surface area contributed by atoms with Crippen LogP contribution in [0.2, 0.25) is 0 Å². The molecule has 1 amide bonds. The second-order valence-corrected chi connectivity index (χ2v) is 2.89. The lowest BCUT2D eigenvalue weighted by atomic mass is 10.1. The van der Waals surface area contributed by atoms with E-state index in [2.05, 4.69) is 4.98 Å². The van der Waals surface area contributed by atoms with Crippen LogP contribution in [0.3, 0.4) is 0 Å². The largest absolute Gasteiger partial charge is 0.481 e. The lowest BCUT2D eigenvalue weighted by Gasteiger charge is -2.09. The van der Waals surface area contributed by atoms with Crippen molar-refractivity contribution in [1.29, 1.82) is 0 Å². The van der Waals surface area contributed by atoms with Gasteiger partial charge in [0, 0.05) is 11.6 Å². The zero-order chi connectivity index (χ0) is 11.6. The molecule has 0 fully saturated rings. The Hall–Kier alpha value is -1.72. The minimum Gasteiger partial charge on any atom is -0.481 e. The summed E-state index contributed by atoms with van der Waals surface area (Å²) < 4.78 is 29.7. The molecule has 0 spiro atoms. The Morgan fingerprint density at radius 1 is 1.60 bits per heavy atom. The Kier molecular flexibility index (Phi) is 3.18. The van der Waals surface area contributed by atoms with Gasteiger partial charge in [-0.25, -0.2) is 13.8 Å². The van der Waals surface area contributed by atoms with E-state index in [-0.39, 0.29) is 17.0 Å². The van der Waals surface area contributed by atoms with Crippen LogP contribution in [0.25, 0.3) is 0 Å². The molecule has 0 radical (unpaired) electrons. The van der Waals surface area contributed by atoms with Gasteiger partial charge in [0.15, 0.2) is 0 Å². The van der Waals surface area contributed by atoms with Gasteiger partial charge in [-0.3, -0.25) is 4.79 Å². The van der Waals surface area contributed by atoms with Gasteiger partial charge in [0.1, 0.15) is 5.69 Å². The molecule has 1 aromatic rings. The van der Waals surface area contributed by atoms with Gasteiger partial charge in [0.25, 0.3) is 6.43 Å². The summed E-state index contributed by atoms with van der Waals surface area (Å²) in [5.74, 6) is -0.834. The summed E-state index contributed by atoms with van der Waals surface area (Å²) in [7, 11) is 1.28. The van der Waals surface area contributed by atoms with Gasteiger partial charge in [-0.2, -0.15) is 0 Å². The molecule has 0 bridgehead atoms. The number of carbonyl (C=O) groups is 1. The van der Waals surface area contributed by atoms with Gasteiger partial charge in [0.05, 0.1) is 7.11 Å². The maximum Gasteiger partial charge on any atom is 0.280 e. The summed E-state index contributed by atoms with van der Waals surface area (Å²) in [6.45, 7) is 1.37. The summed E-state index contributed by atoms with van der Waals surface area (Å²) in [6, 6.07) is 1.24. The third-order valence-electron chi connectivity index (χ3n) is 1.97. The monoisotopic (exact) mass is 216 g/mol. The number of nitrogens with zero attached hydrogens (tertiary/aromatic N) is 1. The Balaban J connectivity index is 3.40. The van der Waals surface area contributed by atoms with Crippen LogP contribution in [-0.4, -0.2) is 18.0 Å². The first-order valence-corrected chi connectivity index (χ1v) is 4.10. The molecule has 1 aromatic heterocycles. The van der Waals surface area contributed by atoms with Crippen molar-refractivity contribution in [3.05, 3.63) is 22.9 Å². The van der Waals surface area contributed by atoms with Gasteiger partial charge in [-0.15, -0.1) is 0 Å². The number of pyridine rings is 1. The molecular weight excluding hydrogens is 206 g/mol. The molecular formula is C9H10F2N2O2. The van der Waals surface area contributed by atoms with Crippen molar-refractivity contribution in [2.24, 2.45) is 5.73 Å². The van der Waals surface area contributed by atoms with Gasteiger partial charge < -0.3 is 10.5 Å². The van der Waals surface area contributed by atoms with Gasteiger partial charge in [-0.1, -0.05) is 0 Å². The summed E-state index contributed by atoms with van der Waals surface area (Å²) in [6.07, 6.45) is -2.77. The van der Waals surface area contributed by atoms with Crippen molar-refractivity contribution in [1.82, 2.24) is 4.98 Å². The smallest absolute Gasteiger partial charge is 0.280 e. The van der Waals surface area contributed by atoms with Gasteiger partial charge >= 0.3 is 0 Å². The Morgan fingerprint density at radius 2 is 2.20 bits per heavy atom. The summed E-state index contributed by atoms with van der Waals surface area (Å²) in [5.41, 5.74) is 4.64. The Bertz CT molecular complexity index is 394. The van der Waals surface area contributed by atoms with Crippen molar-refractivity contribution in [2.75, 3.05) is 7.11 Å². The minimum absolute atomic E-state index is 0.00264. The molecule has 1 rings (SSSR count). The molecule has 4 nitrogen and oxygen atoms in total. The van der Waals surface area contributed by atoms with Crippen LogP contribution in [-0.2, 0) is 0 Å². The van der Waals surface area contributed by atoms with Crippen LogP contribution in [0.1, 0.15) is 28.0 Å². The fourth-order valence-electron chi connectivity index (χ4n) is 1.18. The predicted molar refractivity (Wildman–Crippen MR) is 49.0 cm³/mol. The topological polar surface area (TPSA) is 65.2 Å². The van der Waals surface area contributed by atoms with E-state index in [4.69, 9.17) is 10.5 Å². The van der Waals surface area contributed by atoms with E-state index in [0.717, 1.165) is 0 Å². The number of aromatic nitrogens is 1. The van der Waals surface area contributed by atoms with Crippen LogP contribution < -0.4 is 10.5 Å². The second-order valence-electron chi connectivity index (χ2n) is 2.89. The van der Waals surface area contributed by atoms with Crippen molar-refractivity contribution < 1.29 is 18.3 Å². The Morgan fingerprint density at radius 3 is 2.60 bits per heavy atom. The summed E-state index contributed by atoms with van der Waals surface area (Å²) in [4.78, 5) is 14.5. The lowest BCUT2D eigenvalue weighted by molar-refractivity contribution is 0.0998. The maximum absolute atomic E-state index is 12.5. The zero-order valence-corrected chi connectivity index (χ0v) is 8.25. The van der Waals surface area contributed by atoms with E-state index in [9.17, 15) is 13.6 Å². The van der Waals surface area contributed by atoms with Crippen molar-refractivity contribution in [3.63, 3.8) is 0 Å². The normalized spacial score (nSPS) is 10.5. The molecule has 0 aromatic carbocycles. The number of hydrogen-bond donors (Lipinski definition) is 1. The molecule has 0 unspecified atom stereocenters. The van der Waals surface area contributed by atoms with Gasteiger partial charge in [-0.05, 0) is 12.5 Å². The van der Waals surface area contributed by atoms with Crippen LogP contribution in [0.15, 0.2) is 6.07 Å². The third-order valence-corrected chi connectivity index (χ3v) is 1.97. The highest BCUT2D eigenvalue weighted by molar-refractivity contribution is 5.94. The molecule has 0 aliphatic carbocycles. The highest BCUT2D eigenvalue weighted by Crippen LogP contribution is 2.25. The van der Waals surface area contributed by atoms with E-state index < -0.39 is 18.0 Å². The number of alkyl halides is 2. The molecule has 0 saturated heterocycles. The number of primary amides is 1. The zero-order valence-electron chi connectivity index (χ0n) is 8.25. The van der Waals surface area contributed by atoms with Crippen LogP contribution in [0.4, 0.5) is 8.78 Å². The van der Waals surface area contributed by atoms with Crippen molar-refractivity contribution >= 4 is 5.91 Å². The van der Waals surface area contributed by atoms with Gasteiger partial charge in [0.2, 0.25) is 11.8 Å². The van der Waals surface area contributed by atoms with Crippen molar-refractivity contribution in [3.8, 4) is 5.88 Å². The number of ether oxygens (including phenoxy) is 1. The number of carbonyl (C=O) groups excluding carboxylic acids is 1. The molecule has 0 aliphatic rings. The summed E-state index contributed by atoms with van der Waals surface area (Å²) >= 11 is 0. The van der Waals surface area contributed by atoms with E-state index >= 15 is 0 Å². The second kappa shape index (κ2) is 4.20. The predicted octanol–water partition coefficient (Wildman–Crippen LogP) is 1.44. The van der Waals surface area contributed by atoms with Crippen LogP contribution in [0, 0.1) is 6.92 Å². The molecule has 15 heavy (non-hydrogen) atoms. The fraction of sp³-hybridized carbons (Fsp3) is 0.333. The van der Waals surface area contributed by atoms with E-state index in [1.165, 1.54) is 20.1 Å². The van der Waals surface area contributed by atoms with Crippen LogP contribution in [0.5, 0.6) is 5.88 Å². The molecule has 6 heteroatoms. The number of hydrogen-bond acceptors (Lipinski definition) is 3. The number of methoxy groups -OCH3 is 1. The molecule has 1 heterocycles. The molecule has 0 aliphatic heterocycles. The molecule has 82 valence electrons. The Labute approximate surface area is 85.1 Å². The number of nitrogens with two attached hydrogens (primary N) is 1. The number of halogens is 2. The highest BCUT2D eigenvalue weighted by Gasteiger charge is 2.19. The van der Waals surface area contributed by atoms with Crippen molar-refractivity contribution in [2.45, 2.75) is 13.3 Å². The average Bonchev–Trinajstić information content (AvgIpc) is 2.17. The SMILES string of the molecule is COc1cc(C(N)=O)c(C)c(C(F)F)n1. The molecule has 0 saturated carbocycles. The number of rotatable bonds is 3.